The Hall–Kier alpha value is -1.43. The predicted octanol–water partition coefficient (Wildman–Crippen LogP) is 1.17. The van der Waals surface area contributed by atoms with Crippen LogP contribution in [-0.2, 0) is 17.9 Å². The third kappa shape index (κ3) is 5.38. The number of rotatable bonds is 9. The van der Waals surface area contributed by atoms with Gasteiger partial charge in [-0.15, -0.1) is 5.10 Å². The van der Waals surface area contributed by atoms with Crippen LogP contribution in [0.15, 0.2) is 6.20 Å². The Bertz CT molecular complexity index is 369. The summed E-state index contributed by atoms with van der Waals surface area (Å²) in [7, 11) is 0. The summed E-state index contributed by atoms with van der Waals surface area (Å²) >= 11 is 0. The molecule has 1 rings (SSSR count). The molecule has 1 heterocycles. The minimum absolute atomic E-state index is 0.107. The quantitative estimate of drug-likeness (QED) is 0.728. The van der Waals surface area contributed by atoms with Gasteiger partial charge < -0.3 is 10.6 Å². The zero-order chi connectivity index (χ0) is 14.1. The van der Waals surface area contributed by atoms with Crippen molar-refractivity contribution < 1.29 is 4.79 Å². The van der Waals surface area contributed by atoms with Gasteiger partial charge >= 0.3 is 0 Å². The zero-order valence-corrected chi connectivity index (χ0v) is 12.0. The van der Waals surface area contributed by atoms with E-state index in [0.29, 0.717) is 12.2 Å². The highest BCUT2D eigenvalue weighted by molar-refractivity contribution is 5.75. The number of unbranched alkanes of at least 4 members (excludes halogenated alkanes) is 2. The van der Waals surface area contributed by atoms with E-state index >= 15 is 0 Å². The van der Waals surface area contributed by atoms with Crippen LogP contribution in [0.2, 0.25) is 0 Å². The van der Waals surface area contributed by atoms with Gasteiger partial charge in [0.1, 0.15) is 6.54 Å². The first-order valence-electron chi connectivity index (χ1n) is 7.08. The molecule has 2 N–H and O–H groups in total. The molecule has 0 unspecified atom stereocenters. The van der Waals surface area contributed by atoms with E-state index in [9.17, 15) is 4.79 Å². The second kappa shape index (κ2) is 8.63. The normalized spacial score (nSPS) is 10.7. The molecule has 0 aliphatic carbocycles. The maximum absolute atomic E-state index is 12.2. The van der Waals surface area contributed by atoms with Crippen LogP contribution in [0.1, 0.15) is 45.2 Å². The standard InChI is InChI=1S/C13H25N5O/c1-3-5-7-17(8-6-4-2)13(19)11-18-10-12(9-14)15-16-18/h10H,3-9,11,14H2,1-2H3. The maximum Gasteiger partial charge on any atom is 0.244 e. The van der Waals surface area contributed by atoms with Gasteiger partial charge in [-0.1, -0.05) is 31.9 Å². The molecule has 108 valence electrons. The smallest absolute Gasteiger partial charge is 0.244 e. The molecule has 6 heteroatoms. The summed E-state index contributed by atoms with van der Waals surface area (Å²) in [4.78, 5) is 14.2. The molecular formula is C13H25N5O. The van der Waals surface area contributed by atoms with Crippen molar-refractivity contribution >= 4 is 5.91 Å². The van der Waals surface area contributed by atoms with Gasteiger partial charge in [0.05, 0.1) is 11.9 Å². The van der Waals surface area contributed by atoms with E-state index in [1.807, 2.05) is 4.90 Å². The van der Waals surface area contributed by atoms with Crippen LogP contribution < -0.4 is 5.73 Å². The average Bonchev–Trinajstić information content (AvgIpc) is 2.86. The van der Waals surface area contributed by atoms with Crippen LogP contribution in [0.5, 0.6) is 0 Å². The maximum atomic E-state index is 12.2. The fourth-order valence-corrected chi connectivity index (χ4v) is 1.81. The molecule has 1 aromatic heterocycles. The van der Waals surface area contributed by atoms with E-state index in [2.05, 4.69) is 24.2 Å². The van der Waals surface area contributed by atoms with Crippen LogP contribution >= 0.6 is 0 Å². The molecule has 0 saturated carbocycles. The minimum Gasteiger partial charge on any atom is -0.341 e. The Balaban J connectivity index is 2.54. The van der Waals surface area contributed by atoms with Crippen molar-refractivity contribution in [2.75, 3.05) is 13.1 Å². The molecule has 1 aromatic rings. The third-order valence-corrected chi connectivity index (χ3v) is 3.01. The Morgan fingerprint density at radius 1 is 1.32 bits per heavy atom. The van der Waals surface area contributed by atoms with Gasteiger partial charge in [0.2, 0.25) is 5.91 Å². The highest BCUT2D eigenvalue weighted by atomic mass is 16.2. The van der Waals surface area contributed by atoms with Crippen molar-refractivity contribution in [2.24, 2.45) is 5.73 Å². The molecule has 0 aliphatic heterocycles. The van der Waals surface area contributed by atoms with Crippen molar-refractivity contribution in [3.63, 3.8) is 0 Å². The fourth-order valence-electron chi connectivity index (χ4n) is 1.81. The Labute approximate surface area is 115 Å². The highest BCUT2D eigenvalue weighted by Gasteiger charge is 2.13. The van der Waals surface area contributed by atoms with Gasteiger partial charge in [0.15, 0.2) is 0 Å². The number of carbonyl (C=O) groups excluding carboxylic acids is 1. The summed E-state index contributed by atoms with van der Waals surface area (Å²) in [5.41, 5.74) is 6.18. The van der Waals surface area contributed by atoms with Gasteiger partial charge in [-0.25, -0.2) is 4.68 Å². The largest absolute Gasteiger partial charge is 0.341 e. The minimum atomic E-state index is 0.107. The lowest BCUT2D eigenvalue weighted by Gasteiger charge is -2.22. The molecule has 1 amide bonds. The van der Waals surface area contributed by atoms with E-state index in [1.165, 1.54) is 0 Å². The zero-order valence-electron chi connectivity index (χ0n) is 12.0. The van der Waals surface area contributed by atoms with Crippen LogP contribution in [-0.4, -0.2) is 38.9 Å². The van der Waals surface area contributed by atoms with Crippen LogP contribution in [0.3, 0.4) is 0 Å². The van der Waals surface area contributed by atoms with Gasteiger partial charge in [-0.05, 0) is 12.8 Å². The van der Waals surface area contributed by atoms with Crippen LogP contribution in [0.25, 0.3) is 0 Å². The van der Waals surface area contributed by atoms with Gasteiger partial charge in [-0.3, -0.25) is 4.79 Å². The first-order chi connectivity index (χ1) is 9.21. The van der Waals surface area contributed by atoms with Crippen LogP contribution in [0, 0.1) is 0 Å². The summed E-state index contributed by atoms with van der Waals surface area (Å²) in [6, 6.07) is 0. The van der Waals surface area contributed by atoms with Crippen molar-refractivity contribution in [2.45, 2.75) is 52.6 Å². The number of nitrogens with two attached hydrogens (primary N) is 1. The number of hydrogen-bond acceptors (Lipinski definition) is 4. The first kappa shape index (κ1) is 15.6. The summed E-state index contributed by atoms with van der Waals surface area (Å²) in [5, 5.41) is 7.80. The molecule has 0 aliphatic rings. The van der Waals surface area contributed by atoms with E-state index < -0.39 is 0 Å². The van der Waals surface area contributed by atoms with E-state index in [0.717, 1.165) is 38.8 Å². The number of hydrogen-bond donors (Lipinski definition) is 1. The number of nitrogens with zero attached hydrogens (tertiary/aromatic N) is 4. The molecule has 0 radical (unpaired) electrons. The lowest BCUT2D eigenvalue weighted by atomic mass is 10.2. The summed E-state index contributed by atoms with van der Waals surface area (Å²) in [5.74, 6) is 0.107. The van der Waals surface area contributed by atoms with Crippen molar-refractivity contribution in [3.05, 3.63) is 11.9 Å². The number of aromatic nitrogens is 3. The Morgan fingerprint density at radius 2 is 1.95 bits per heavy atom. The number of amides is 1. The Morgan fingerprint density at radius 3 is 2.42 bits per heavy atom. The molecule has 6 nitrogen and oxygen atoms in total. The van der Waals surface area contributed by atoms with Crippen LogP contribution in [0.4, 0.5) is 0 Å². The third-order valence-electron chi connectivity index (χ3n) is 3.01. The molecule has 19 heavy (non-hydrogen) atoms. The van der Waals surface area contributed by atoms with Crippen molar-refractivity contribution in [3.8, 4) is 0 Å². The molecule has 0 spiro atoms. The second-order valence-electron chi connectivity index (χ2n) is 4.70. The van der Waals surface area contributed by atoms with Crippen molar-refractivity contribution in [1.29, 1.82) is 0 Å². The van der Waals surface area contributed by atoms with E-state index in [-0.39, 0.29) is 12.5 Å². The number of carbonyl (C=O) groups is 1. The SMILES string of the molecule is CCCCN(CCCC)C(=O)Cn1cc(CN)nn1. The van der Waals surface area contributed by atoms with Crippen molar-refractivity contribution in [1.82, 2.24) is 19.9 Å². The van der Waals surface area contributed by atoms with E-state index in [4.69, 9.17) is 5.73 Å². The molecule has 0 aromatic carbocycles. The average molecular weight is 267 g/mol. The molecule has 0 bridgehead atoms. The van der Waals surface area contributed by atoms with E-state index in [1.54, 1.807) is 10.9 Å². The predicted molar refractivity (Wildman–Crippen MR) is 74.3 cm³/mol. The summed E-state index contributed by atoms with van der Waals surface area (Å²) < 4.78 is 1.56. The topological polar surface area (TPSA) is 77.0 Å². The summed E-state index contributed by atoms with van der Waals surface area (Å²) in [6.07, 6.45) is 6.00. The lowest BCUT2D eigenvalue weighted by molar-refractivity contribution is -0.132. The molecule has 0 saturated heterocycles. The summed E-state index contributed by atoms with van der Waals surface area (Å²) in [6.45, 7) is 6.52. The fraction of sp³-hybridized carbons (Fsp3) is 0.769. The highest BCUT2D eigenvalue weighted by Crippen LogP contribution is 2.02. The van der Waals surface area contributed by atoms with Gasteiger partial charge in [-0.2, -0.15) is 0 Å². The lowest BCUT2D eigenvalue weighted by Crippen LogP contribution is -2.35. The molecular weight excluding hydrogens is 242 g/mol. The first-order valence-corrected chi connectivity index (χ1v) is 7.08. The van der Waals surface area contributed by atoms with Gasteiger partial charge in [0, 0.05) is 19.6 Å². The second-order valence-corrected chi connectivity index (χ2v) is 4.70. The van der Waals surface area contributed by atoms with Gasteiger partial charge in [0.25, 0.3) is 0 Å². The Kier molecular flexibility index (Phi) is 7.10. The molecule has 0 fully saturated rings. The molecule has 0 atom stereocenters. The monoisotopic (exact) mass is 267 g/mol.